The second kappa shape index (κ2) is 8.50. The summed E-state index contributed by atoms with van der Waals surface area (Å²) in [4.78, 5) is 30.9. The van der Waals surface area contributed by atoms with Crippen molar-refractivity contribution in [2.24, 2.45) is 0 Å². The number of anilines is 3. The van der Waals surface area contributed by atoms with Crippen LogP contribution >= 0.6 is 11.8 Å². The largest absolute Gasteiger partial charge is 0.326 e. The third-order valence-electron chi connectivity index (χ3n) is 4.42. The number of rotatable bonds is 3. The van der Waals surface area contributed by atoms with Gasteiger partial charge in [0.25, 0.3) is 5.91 Å². The number of halogens is 2. The van der Waals surface area contributed by atoms with E-state index in [0.29, 0.717) is 18.3 Å². The van der Waals surface area contributed by atoms with Crippen molar-refractivity contribution in [2.75, 3.05) is 27.8 Å². The van der Waals surface area contributed by atoms with Gasteiger partial charge in [-0.15, -0.1) is 11.8 Å². The Kier molecular flexibility index (Phi) is 5.62. The lowest BCUT2D eigenvalue weighted by Gasteiger charge is -2.28. The van der Waals surface area contributed by atoms with Gasteiger partial charge in [-0.25, -0.2) is 18.6 Å². The molecule has 0 unspecified atom stereocenters. The molecule has 2 aromatic carbocycles. The summed E-state index contributed by atoms with van der Waals surface area (Å²) in [7, 11) is 0. The molecule has 152 valence electrons. The van der Waals surface area contributed by atoms with Gasteiger partial charge in [0.15, 0.2) is 0 Å². The van der Waals surface area contributed by atoms with E-state index in [0.717, 1.165) is 28.6 Å². The molecule has 0 saturated heterocycles. The number of benzene rings is 2. The zero-order valence-corrected chi connectivity index (χ0v) is 16.4. The Morgan fingerprint density at radius 3 is 2.60 bits per heavy atom. The minimum absolute atomic E-state index is 0.117. The number of carbonyl (C=O) groups excluding carboxylic acids is 2. The molecule has 1 aromatic heterocycles. The third kappa shape index (κ3) is 4.25. The number of pyridine rings is 1. The van der Waals surface area contributed by atoms with Crippen molar-refractivity contribution < 1.29 is 18.4 Å². The lowest BCUT2D eigenvalue weighted by atomic mass is 10.2. The molecule has 0 fully saturated rings. The number of thioether (sulfide) groups is 1. The van der Waals surface area contributed by atoms with E-state index in [1.54, 1.807) is 41.1 Å². The first-order chi connectivity index (χ1) is 14.5. The SMILES string of the molecule is O=C(Nc1ccc(F)cc1F)c1ccc(NC(=O)N2CCSc3ncccc32)cc1. The summed E-state index contributed by atoms with van der Waals surface area (Å²) in [6.07, 6.45) is 1.69. The Balaban J connectivity index is 1.42. The molecule has 0 saturated carbocycles. The molecule has 2 N–H and O–H groups in total. The van der Waals surface area contributed by atoms with E-state index in [2.05, 4.69) is 15.6 Å². The Hall–Kier alpha value is -3.46. The van der Waals surface area contributed by atoms with Crippen LogP contribution in [-0.2, 0) is 0 Å². The maximum Gasteiger partial charge on any atom is 0.326 e. The fraction of sp³-hybridized carbons (Fsp3) is 0.0952. The normalized spacial score (nSPS) is 12.8. The van der Waals surface area contributed by atoms with Crippen molar-refractivity contribution in [3.05, 3.63) is 78.0 Å². The molecule has 30 heavy (non-hydrogen) atoms. The van der Waals surface area contributed by atoms with Gasteiger partial charge in [0.1, 0.15) is 16.7 Å². The highest BCUT2D eigenvalue weighted by molar-refractivity contribution is 7.99. The van der Waals surface area contributed by atoms with E-state index < -0.39 is 17.5 Å². The lowest BCUT2D eigenvalue weighted by Crippen LogP contribution is -2.38. The van der Waals surface area contributed by atoms with Crippen molar-refractivity contribution in [3.8, 4) is 0 Å². The van der Waals surface area contributed by atoms with Gasteiger partial charge < -0.3 is 10.6 Å². The molecule has 0 bridgehead atoms. The van der Waals surface area contributed by atoms with E-state index in [9.17, 15) is 18.4 Å². The highest BCUT2D eigenvalue weighted by Gasteiger charge is 2.23. The summed E-state index contributed by atoms with van der Waals surface area (Å²) in [6, 6.07) is 12.4. The van der Waals surface area contributed by atoms with Gasteiger partial charge in [0.2, 0.25) is 0 Å². The van der Waals surface area contributed by atoms with E-state index in [1.807, 2.05) is 6.07 Å². The van der Waals surface area contributed by atoms with Gasteiger partial charge >= 0.3 is 6.03 Å². The van der Waals surface area contributed by atoms with Gasteiger partial charge in [0.05, 0.1) is 11.4 Å². The van der Waals surface area contributed by atoms with Crippen LogP contribution in [0.5, 0.6) is 0 Å². The molecule has 0 aliphatic carbocycles. The predicted molar refractivity (Wildman–Crippen MR) is 112 cm³/mol. The van der Waals surface area contributed by atoms with E-state index in [1.165, 1.54) is 12.1 Å². The van der Waals surface area contributed by atoms with Crippen LogP contribution in [-0.4, -0.2) is 29.2 Å². The average Bonchev–Trinajstić information content (AvgIpc) is 2.75. The molecule has 1 aliphatic rings. The molecule has 6 nitrogen and oxygen atoms in total. The summed E-state index contributed by atoms with van der Waals surface area (Å²) in [5.41, 5.74) is 1.41. The van der Waals surface area contributed by atoms with Crippen molar-refractivity contribution in [1.29, 1.82) is 0 Å². The molecule has 0 spiro atoms. The topological polar surface area (TPSA) is 74.3 Å². The maximum atomic E-state index is 13.7. The van der Waals surface area contributed by atoms with Crippen LogP contribution < -0.4 is 15.5 Å². The molecular weight excluding hydrogens is 410 g/mol. The van der Waals surface area contributed by atoms with Gasteiger partial charge in [-0.3, -0.25) is 9.69 Å². The number of hydrogen-bond donors (Lipinski definition) is 2. The van der Waals surface area contributed by atoms with Gasteiger partial charge in [-0.1, -0.05) is 0 Å². The number of fused-ring (bicyclic) bond motifs is 1. The molecule has 3 aromatic rings. The smallest absolute Gasteiger partial charge is 0.319 e. The van der Waals surface area contributed by atoms with Gasteiger partial charge in [0, 0.05) is 35.8 Å². The second-order valence-corrected chi connectivity index (χ2v) is 7.50. The predicted octanol–water partition coefficient (Wildman–Crippen LogP) is 4.76. The van der Waals surface area contributed by atoms with E-state index >= 15 is 0 Å². The molecular formula is C21H16F2N4O2S. The highest BCUT2D eigenvalue weighted by atomic mass is 32.2. The Bertz CT molecular complexity index is 1110. The number of urea groups is 1. The number of nitrogens with zero attached hydrogens (tertiary/aromatic N) is 2. The van der Waals surface area contributed by atoms with Gasteiger partial charge in [-0.2, -0.15) is 0 Å². The Morgan fingerprint density at radius 1 is 1.03 bits per heavy atom. The van der Waals surface area contributed by atoms with Gasteiger partial charge in [-0.05, 0) is 48.5 Å². The summed E-state index contributed by atoms with van der Waals surface area (Å²) in [6.45, 7) is 0.554. The standard InChI is InChI=1S/C21H16F2N4O2S/c22-14-5-8-17(16(23)12-14)26-19(28)13-3-6-15(7-4-13)25-21(29)27-10-11-30-20-18(27)2-1-9-24-20/h1-9,12H,10-11H2,(H,25,29)(H,26,28). The van der Waals surface area contributed by atoms with Crippen LogP contribution in [0.4, 0.5) is 30.6 Å². The minimum Gasteiger partial charge on any atom is -0.319 e. The number of carbonyl (C=O) groups is 2. The van der Waals surface area contributed by atoms with E-state index in [4.69, 9.17) is 0 Å². The first-order valence-corrected chi connectivity index (χ1v) is 10.0. The minimum atomic E-state index is -0.860. The van der Waals surface area contributed by atoms with Crippen molar-refractivity contribution in [1.82, 2.24) is 4.98 Å². The van der Waals surface area contributed by atoms with Crippen molar-refractivity contribution >= 4 is 40.8 Å². The number of aromatic nitrogens is 1. The van der Waals surface area contributed by atoms with Crippen molar-refractivity contribution in [3.63, 3.8) is 0 Å². The molecule has 4 rings (SSSR count). The summed E-state index contributed by atoms with van der Waals surface area (Å²) in [5.74, 6) is -1.39. The van der Waals surface area contributed by atoms with Crippen LogP contribution in [0.15, 0.2) is 65.8 Å². The molecule has 1 aliphatic heterocycles. The number of amides is 3. The molecule has 0 atom stereocenters. The first kappa shape index (κ1) is 19.8. The number of hydrogen-bond acceptors (Lipinski definition) is 4. The number of nitrogens with one attached hydrogen (secondary N) is 2. The zero-order valence-electron chi connectivity index (χ0n) is 15.6. The summed E-state index contributed by atoms with van der Waals surface area (Å²) in [5, 5.41) is 6.00. The van der Waals surface area contributed by atoms with E-state index in [-0.39, 0.29) is 17.3 Å². The quantitative estimate of drug-likeness (QED) is 0.634. The molecule has 3 amide bonds. The maximum absolute atomic E-state index is 13.7. The lowest BCUT2D eigenvalue weighted by molar-refractivity contribution is 0.102. The average molecular weight is 426 g/mol. The summed E-state index contributed by atoms with van der Waals surface area (Å²) >= 11 is 1.60. The monoisotopic (exact) mass is 426 g/mol. The second-order valence-electron chi connectivity index (χ2n) is 6.41. The van der Waals surface area contributed by atoms with Crippen LogP contribution in [0.2, 0.25) is 0 Å². The molecule has 2 heterocycles. The molecule has 0 radical (unpaired) electrons. The fourth-order valence-electron chi connectivity index (χ4n) is 2.95. The molecule has 9 heteroatoms. The zero-order chi connectivity index (χ0) is 21.1. The van der Waals surface area contributed by atoms with Crippen LogP contribution in [0.25, 0.3) is 0 Å². The summed E-state index contributed by atoms with van der Waals surface area (Å²) < 4.78 is 26.7. The van der Waals surface area contributed by atoms with Crippen LogP contribution in [0, 0.1) is 11.6 Å². The third-order valence-corrected chi connectivity index (χ3v) is 5.39. The van der Waals surface area contributed by atoms with Crippen LogP contribution in [0.1, 0.15) is 10.4 Å². The first-order valence-electron chi connectivity index (χ1n) is 9.04. The Labute approximate surface area is 175 Å². The highest BCUT2D eigenvalue weighted by Crippen LogP contribution is 2.32. The fourth-order valence-corrected chi connectivity index (χ4v) is 3.87. The van der Waals surface area contributed by atoms with Crippen molar-refractivity contribution in [2.45, 2.75) is 5.03 Å². The Morgan fingerprint density at radius 2 is 1.83 bits per heavy atom. The van der Waals surface area contributed by atoms with Crippen LogP contribution in [0.3, 0.4) is 0 Å².